The number of aromatic nitrogens is 1. The van der Waals surface area contributed by atoms with Crippen molar-refractivity contribution >= 4 is 28.5 Å². The van der Waals surface area contributed by atoms with E-state index in [9.17, 15) is 18.4 Å². The normalized spacial score (nSPS) is 13.5. The highest BCUT2D eigenvalue weighted by molar-refractivity contribution is 5.99. The van der Waals surface area contributed by atoms with Crippen LogP contribution in [0.1, 0.15) is 35.2 Å². The van der Waals surface area contributed by atoms with Gasteiger partial charge in [0.2, 0.25) is 5.91 Å². The number of benzene rings is 3. The molecular formula is C28H22F2N2O5. The van der Waals surface area contributed by atoms with Gasteiger partial charge >= 0.3 is 12.3 Å². The first kappa shape index (κ1) is 24.2. The molecule has 0 saturated heterocycles. The Labute approximate surface area is 210 Å². The van der Waals surface area contributed by atoms with Crippen molar-refractivity contribution in [3.63, 3.8) is 0 Å². The summed E-state index contributed by atoms with van der Waals surface area (Å²) in [6.07, 6.45) is -1.51. The van der Waals surface area contributed by atoms with Crippen LogP contribution in [0.3, 0.4) is 0 Å². The number of carbonyl (C=O) groups excluding carboxylic acids is 1. The number of rotatable bonds is 8. The second-order valence-corrected chi connectivity index (χ2v) is 8.66. The molecule has 2 heterocycles. The number of hydrogen-bond acceptors (Lipinski definition) is 5. The van der Waals surface area contributed by atoms with Crippen LogP contribution < -0.4 is 14.8 Å². The number of nitrogens with zero attached hydrogens (tertiary/aromatic N) is 1. The first-order valence-corrected chi connectivity index (χ1v) is 11.7. The summed E-state index contributed by atoms with van der Waals surface area (Å²) in [5.41, 5.74) is 2.36. The van der Waals surface area contributed by atoms with E-state index in [4.69, 9.17) is 5.11 Å². The van der Waals surface area contributed by atoms with Gasteiger partial charge in [-0.25, -0.2) is 9.78 Å². The fraction of sp³-hybridized carbons (Fsp3) is 0.179. The second kappa shape index (κ2) is 9.85. The molecule has 0 bridgehead atoms. The molecule has 3 aromatic carbocycles. The first-order valence-electron chi connectivity index (χ1n) is 11.7. The Morgan fingerprint density at radius 2 is 1.68 bits per heavy atom. The molecule has 0 unspecified atom stereocenters. The molecule has 0 aliphatic carbocycles. The molecule has 37 heavy (non-hydrogen) atoms. The number of hydrogen-bond donors (Lipinski definition) is 2. The van der Waals surface area contributed by atoms with Crippen LogP contribution in [0.2, 0.25) is 0 Å². The molecule has 5 rings (SSSR count). The van der Waals surface area contributed by atoms with Crippen molar-refractivity contribution in [2.75, 3.05) is 5.32 Å². The van der Waals surface area contributed by atoms with Gasteiger partial charge in [-0.15, -0.1) is 8.78 Å². The van der Waals surface area contributed by atoms with Crippen molar-refractivity contribution in [1.29, 1.82) is 0 Å². The average Bonchev–Trinajstić information content (AvgIpc) is 3.19. The predicted octanol–water partition coefficient (Wildman–Crippen LogP) is 6.27. The van der Waals surface area contributed by atoms with E-state index in [0.717, 1.165) is 21.9 Å². The van der Waals surface area contributed by atoms with Crippen molar-refractivity contribution in [2.24, 2.45) is 0 Å². The Hall–Kier alpha value is -4.53. The highest BCUT2D eigenvalue weighted by Gasteiger charge is 2.43. The fourth-order valence-electron chi connectivity index (χ4n) is 4.22. The van der Waals surface area contributed by atoms with Gasteiger partial charge in [-0.05, 0) is 60.5 Å². The van der Waals surface area contributed by atoms with Gasteiger partial charge < -0.3 is 19.9 Å². The molecular weight excluding hydrogens is 482 g/mol. The predicted molar refractivity (Wildman–Crippen MR) is 133 cm³/mol. The van der Waals surface area contributed by atoms with Gasteiger partial charge in [-0.2, -0.15) is 0 Å². The van der Waals surface area contributed by atoms with Crippen LogP contribution in [0.15, 0.2) is 72.8 Å². The molecule has 0 saturated carbocycles. The monoisotopic (exact) mass is 504 g/mol. The maximum absolute atomic E-state index is 13.2. The standard InChI is InChI=1S/C28H22F2N2O5/c29-28(30)36-22-14-9-17(15-23(22)37-28)5-1-4-8-25(33)31-24-16-20-6-2-3-7-21(20)26(32-24)18-10-12-19(13-11-18)27(34)35/h2-3,6-7,9-16H,1,4-5,8H2,(H,34,35)(H,31,32,33). The molecule has 1 aliphatic rings. The van der Waals surface area contributed by atoms with Gasteiger partial charge in [0.15, 0.2) is 11.5 Å². The Kier molecular flexibility index (Phi) is 6.43. The molecule has 0 spiro atoms. The summed E-state index contributed by atoms with van der Waals surface area (Å²) in [4.78, 5) is 28.4. The third-order valence-electron chi connectivity index (χ3n) is 6.00. The first-order chi connectivity index (χ1) is 17.8. The zero-order chi connectivity index (χ0) is 26.0. The van der Waals surface area contributed by atoms with E-state index < -0.39 is 12.3 Å². The van der Waals surface area contributed by atoms with Gasteiger partial charge in [0, 0.05) is 17.4 Å². The summed E-state index contributed by atoms with van der Waals surface area (Å²) in [7, 11) is 0. The zero-order valence-corrected chi connectivity index (χ0v) is 19.5. The number of alkyl halides is 2. The van der Waals surface area contributed by atoms with E-state index in [1.54, 1.807) is 24.3 Å². The topological polar surface area (TPSA) is 97.8 Å². The molecule has 1 aromatic heterocycles. The largest absolute Gasteiger partial charge is 0.586 e. The number of fused-ring (bicyclic) bond motifs is 2. The second-order valence-electron chi connectivity index (χ2n) is 8.66. The maximum atomic E-state index is 13.2. The molecule has 9 heteroatoms. The van der Waals surface area contributed by atoms with Crippen LogP contribution in [0.4, 0.5) is 14.6 Å². The zero-order valence-electron chi connectivity index (χ0n) is 19.5. The van der Waals surface area contributed by atoms with E-state index in [-0.39, 0.29) is 29.4 Å². The minimum Gasteiger partial charge on any atom is -0.478 e. The number of anilines is 1. The van der Waals surface area contributed by atoms with Crippen molar-refractivity contribution in [3.8, 4) is 22.8 Å². The lowest BCUT2D eigenvalue weighted by Crippen LogP contribution is -2.25. The van der Waals surface area contributed by atoms with Gasteiger partial charge in [-0.3, -0.25) is 4.79 Å². The number of halogens is 2. The van der Waals surface area contributed by atoms with Crippen molar-refractivity contribution < 1.29 is 33.0 Å². The minimum atomic E-state index is -3.64. The Morgan fingerprint density at radius 1 is 0.919 bits per heavy atom. The number of unbranched alkanes of at least 4 members (excludes halogenated alkanes) is 1. The number of amides is 1. The summed E-state index contributed by atoms with van der Waals surface area (Å²) in [5.74, 6) is -0.785. The van der Waals surface area contributed by atoms with Crippen LogP contribution in [0, 0.1) is 0 Å². The van der Waals surface area contributed by atoms with Crippen LogP contribution >= 0.6 is 0 Å². The summed E-state index contributed by atoms with van der Waals surface area (Å²) < 4.78 is 35.2. The molecule has 0 radical (unpaired) electrons. The van der Waals surface area contributed by atoms with Gasteiger partial charge in [-0.1, -0.05) is 42.5 Å². The third kappa shape index (κ3) is 5.50. The number of carboxylic acids is 1. The maximum Gasteiger partial charge on any atom is 0.586 e. The Balaban J connectivity index is 1.22. The minimum absolute atomic E-state index is 0.00760. The van der Waals surface area contributed by atoms with Crippen molar-refractivity contribution in [3.05, 3.63) is 83.9 Å². The molecule has 0 atom stereocenters. The SMILES string of the molecule is O=C(CCCCc1ccc2c(c1)OC(F)(F)O2)Nc1cc2ccccc2c(-c2ccc(C(=O)O)cc2)n1. The molecule has 0 fully saturated rings. The number of aryl methyl sites for hydroxylation is 1. The van der Waals surface area contributed by atoms with Crippen LogP contribution in [0.5, 0.6) is 11.5 Å². The van der Waals surface area contributed by atoms with Crippen LogP contribution in [0.25, 0.3) is 22.0 Å². The van der Waals surface area contributed by atoms with Gasteiger partial charge in [0.05, 0.1) is 11.3 Å². The summed E-state index contributed by atoms with van der Waals surface area (Å²) in [5, 5.41) is 13.8. The van der Waals surface area contributed by atoms with E-state index in [1.807, 2.05) is 24.3 Å². The number of aromatic carboxylic acids is 1. The fourth-order valence-corrected chi connectivity index (χ4v) is 4.22. The van der Waals surface area contributed by atoms with Crippen molar-refractivity contribution in [2.45, 2.75) is 32.0 Å². The highest BCUT2D eigenvalue weighted by atomic mass is 19.3. The molecule has 1 aliphatic heterocycles. The van der Waals surface area contributed by atoms with E-state index >= 15 is 0 Å². The number of nitrogens with one attached hydrogen (secondary N) is 1. The van der Waals surface area contributed by atoms with Crippen molar-refractivity contribution in [1.82, 2.24) is 4.98 Å². The highest BCUT2D eigenvalue weighted by Crippen LogP contribution is 2.41. The molecule has 188 valence electrons. The number of carbonyl (C=O) groups is 2. The van der Waals surface area contributed by atoms with Gasteiger partial charge in [0.25, 0.3) is 0 Å². The molecule has 4 aromatic rings. The lowest BCUT2D eigenvalue weighted by atomic mass is 10.0. The van der Waals surface area contributed by atoms with E-state index in [1.165, 1.54) is 24.3 Å². The Morgan fingerprint density at radius 3 is 2.46 bits per heavy atom. The number of pyridine rings is 1. The van der Waals surface area contributed by atoms with Crippen LogP contribution in [-0.2, 0) is 11.2 Å². The Bertz CT molecular complexity index is 1490. The van der Waals surface area contributed by atoms with E-state index in [2.05, 4.69) is 19.8 Å². The number of carboxylic acid groups (broad SMARTS) is 1. The van der Waals surface area contributed by atoms with Crippen LogP contribution in [-0.4, -0.2) is 28.3 Å². The molecule has 7 nitrogen and oxygen atoms in total. The summed E-state index contributed by atoms with van der Waals surface area (Å²) in [6.45, 7) is 0. The lowest BCUT2D eigenvalue weighted by Gasteiger charge is -2.11. The smallest absolute Gasteiger partial charge is 0.478 e. The third-order valence-corrected chi connectivity index (χ3v) is 6.00. The lowest BCUT2D eigenvalue weighted by molar-refractivity contribution is -0.286. The molecule has 1 amide bonds. The summed E-state index contributed by atoms with van der Waals surface area (Å²) in [6, 6.07) is 20.5. The molecule has 2 N–H and O–H groups in total. The average molecular weight is 504 g/mol. The summed E-state index contributed by atoms with van der Waals surface area (Å²) >= 11 is 0. The number of ether oxygens (including phenoxy) is 2. The van der Waals surface area contributed by atoms with Gasteiger partial charge in [0.1, 0.15) is 5.82 Å². The van der Waals surface area contributed by atoms with E-state index in [0.29, 0.717) is 30.8 Å². The quantitative estimate of drug-likeness (QED) is 0.274.